The van der Waals surface area contributed by atoms with Crippen LogP contribution in [0.5, 0.6) is 0 Å². The van der Waals surface area contributed by atoms with Gasteiger partial charge in [-0.25, -0.2) is 4.79 Å². The molecule has 0 aliphatic heterocycles. The van der Waals surface area contributed by atoms with Gasteiger partial charge in [0.25, 0.3) is 0 Å². The summed E-state index contributed by atoms with van der Waals surface area (Å²) in [6, 6.07) is -1.25. The van der Waals surface area contributed by atoms with Gasteiger partial charge in [0.15, 0.2) is 0 Å². The number of carboxylic acid groups (broad SMARTS) is 1. The topological polar surface area (TPSA) is 78.4 Å². The van der Waals surface area contributed by atoms with Gasteiger partial charge >= 0.3 is 12.0 Å². The first kappa shape index (κ1) is 21.7. The first-order valence-electron chi connectivity index (χ1n) is 9.35. The third kappa shape index (κ3) is 15.4. The summed E-state index contributed by atoms with van der Waals surface area (Å²) in [4.78, 5) is 22.0. The minimum Gasteiger partial charge on any atom is -0.480 e. The maximum absolute atomic E-state index is 11.4. The zero-order valence-electron chi connectivity index (χ0n) is 15.0. The quantitative estimate of drug-likeness (QED) is 0.388. The fourth-order valence-electron chi connectivity index (χ4n) is 2.48. The first-order valence-corrected chi connectivity index (χ1v) is 9.35. The summed E-state index contributed by atoms with van der Waals surface area (Å²) >= 11 is 0. The van der Waals surface area contributed by atoms with Crippen molar-refractivity contribution in [3.63, 3.8) is 0 Å². The van der Waals surface area contributed by atoms with Crippen LogP contribution >= 0.6 is 0 Å². The number of aliphatic carboxylic acids is 1. The van der Waals surface area contributed by atoms with Gasteiger partial charge in [-0.1, -0.05) is 77.6 Å². The molecule has 0 aromatic heterocycles. The van der Waals surface area contributed by atoms with Crippen LogP contribution < -0.4 is 10.6 Å². The maximum atomic E-state index is 11.4. The van der Waals surface area contributed by atoms with Crippen LogP contribution in [0.15, 0.2) is 0 Å². The predicted octanol–water partition coefficient (Wildman–Crippen LogP) is 4.46. The summed E-state index contributed by atoms with van der Waals surface area (Å²) in [6.45, 7) is 4.31. The molecule has 0 aromatic carbocycles. The van der Waals surface area contributed by atoms with Crippen molar-refractivity contribution in [2.75, 3.05) is 6.54 Å². The van der Waals surface area contributed by atoms with E-state index in [9.17, 15) is 9.59 Å². The summed E-state index contributed by atoms with van der Waals surface area (Å²) in [5, 5.41) is 13.7. The largest absolute Gasteiger partial charge is 0.480 e. The molecule has 136 valence electrons. The first-order chi connectivity index (χ1) is 11.1. The SMILES string of the molecule is CCCCCCCCCCCCCCNC(=O)NC(C)C(=O)O. The van der Waals surface area contributed by atoms with Crippen LogP contribution in [-0.2, 0) is 4.79 Å². The molecular formula is C18H36N2O3. The number of amides is 2. The van der Waals surface area contributed by atoms with Gasteiger partial charge in [-0.3, -0.25) is 4.79 Å². The smallest absolute Gasteiger partial charge is 0.325 e. The molecule has 0 saturated heterocycles. The third-order valence-electron chi connectivity index (χ3n) is 4.03. The van der Waals surface area contributed by atoms with E-state index in [2.05, 4.69) is 17.6 Å². The van der Waals surface area contributed by atoms with Crippen LogP contribution in [0.25, 0.3) is 0 Å². The Kier molecular flexibility index (Phi) is 14.8. The molecule has 0 saturated carbocycles. The molecule has 23 heavy (non-hydrogen) atoms. The van der Waals surface area contributed by atoms with E-state index in [4.69, 9.17) is 5.11 Å². The van der Waals surface area contributed by atoms with Crippen LogP contribution in [0, 0.1) is 0 Å². The van der Waals surface area contributed by atoms with Gasteiger partial charge in [0, 0.05) is 6.54 Å². The molecule has 5 heteroatoms. The van der Waals surface area contributed by atoms with Crippen molar-refractivity contribution in [2.24, 2.45) is 0 Å². The summed E-state index contributed by atoms with van der Waals surface area (Å²) in [7, 11) is 0. The molecule has 0 aromatic rings. The fourth-order valence-corrected chi connectivity index (χ4v) is 2.48. The molecule has 0 rings (SSSR count). The molecule has 0 aliphatic carbocycles. The number of unbranched alkanes of at least 4 members (excludes halogenated alkanes) is 11. The van der Waals surface area contributed by atoms with Gasteiger partial charge in [0.2, 0.25) is 0 Å². The standard InChI is InChI=1S/C18H36N2O3/c1-3-4-5-6-7-8-9-10-11-12-13-14-15-19-18(23)20-16(2)17(21)22/h16H,3-15H2,1-2H3,(H,21,22)(H2,19,20,23). The normalized spacial score (nSPS) is 11.9. The van der Waals surface area contributed by atoms with Gasteiger partial charge in [-0.15, -0.1) is 0 Å². The van der Waals surface area contributed by atoms with Gasteiger partial charge in [-0.05, 0) is 13.3 Å². The Morgan fingerprint density at radius 1 is 0.826 bits per heavy atom. The van der Waals surface area contributed by atoms with E-state index in [-0.39, 0.29) is 0 Å². The number of urea groups is 1. The number of nitrogens with one attached hydrogen (secondary N) is 2. The van der Waals surface area contributed by atoms with E-state index >= 15 is 0 Å². The van der Waals surface area contributed by atoms with Gasteiger partial charge in [0.1, 0.15) is 6.04 Å². The van der Waals surface area contributed by atoms with E-state index in [1.54, 1.807) is 0 Å². The number of rotatable bonds is 15. The van der Waals surface area contributed by atoms with E-state index in [0.29, 0.717) is 6.54 Å². The Hall–Kier alpha value is -1.26. The molecule has 0 heterocycles. The molecule has 1 atom stereocenters. The molecule has 3 N–H and O–H groups in total. The highest BCUT2D eigenvalue weighted by Gasteiger charge is 2.12. The van der Waals surface area contributed by atoms with Crippen molar-refractivity contribution in [2.45, 2.75) is 96.9 Å². The van der Waals surface area contributed by atoms with E-state index in [1.807, 2.05) is 0 Å². The van der Waals surface area contributed by atoms with E-state index in [0.717, 1.165) is 12.8 Å². The van der Waals surface area contributed by atoms with Crippen molar-refractivity contribution < 1.29 is 14.7 Å². The molecule has 0 radical (unpaired) electrons. The van der Waals surface area contributed by atoms with E-state index in [1.165, 1.54) is 71.1 Å². The van der Waals surface area contributed by atoms with Crippen LogP contribution in [0.4, 0.5) is 4.79 Å². The molecule has 1 unspecified atom stereocenters. The van der Waals surface area contributed by atoms with Crippen molar-refractivity contribution >= 4 is 12.0 Å². The number of carbonyl (C=O) groups excluding carboxylic acids is 1. The van der Waals surface area contributed by atoms with Gasteiger partial charge in [0.05, 0.1) is 0 Å². The minimum atomic E-state index is -1.02. The second-order valence-corrected chi connectivity index (χ2v) is 6.35. The summed E-state index contributed by atoms with van der Waals surface area (Å²) < 4.78 is 0. The lowest BCUT2D eigenvalue weighted by Crippen LogP contribution is -2.44. The fraction of sp³-hybridized carbons (Fsp3) is 0.889. The van der Waals surface area contributed by atoms with Crippen molar-refractivity contribution in [3.8, 4) is 0 Å². The van der Waals surface area contributed by atoms with Crippen molar-refractivity contribution in [1.29, 1.82) is 0 Å². The Labute approximate surface area is 141 Å². The highest BCUT2D eigenvalue weighted by molar-refractivity contribution is 5.82. The highest BCUT2D eigenvalue weighted by Crippen LogP contribution is 2.11. The monoisotopic (exact) mass is 328 g/mol. The van der Waals surface area contributed by atoms with Crippen LogP contribution in [0.2, 0.25) is 0 Å². The van der Waals surface area contributed by atoms with E-state index < -0.39 is 18.0 Å². The van der Waals surface area contributed by atoms with Crippen LogP contribution in [0.3, 0.4) is 0 Å². The minimum absolute atomic E-state index is 0.400. The number of carboxylic acids is 1. The summed E-state index contributed by atoms with van der Waals surface area (Å²) in [5.74, 6) is -1.02. The van der Waals surface area contributed by atoms with Crippen LogP contribution in [-0.4, -0.2) is 29.7 Å². The Morgan fingerprint density at radius 2 is 1.26 bits per heavy atom. The van der Waals surface area contributed by atoms with Crippen LogP contribution in [0.1, 0.15) is 90.9 Å². The molecule has 0 bridgehead atoms. The number of hydrogen-bond acceptors (Lipinski definition) is 2. The maximum Gasteiger partial charge on any atom is 0.325 e. The van der Waals surface area contributed by atoms with Gasteiger partial charge < -0.3 is 15.7 Å². The Bertz CT molecular complexity index is 309. The zero-order chi connectivity index (χ0) is 17.3. The summed E-state index contributed by atoms with van der Waals surface area (Å²) in [6.07, 6.45) is 15.4. The highest BCUT2D eigenvalue weighted by atomic mass is 16.4. The summed E-state index contributed by atoms with van der Waals surface area (Å²) in [5.41, 5.74) is 0. The average molecular weight is 328 g/mol. The lowest BCUT2D eigenvalue weighted by molar-refractivity contribution is -0.138. The lowest BCUT2D eigenvalue weighted by atomic mass is 10.1. The zero-order valence-corrected chi connectivity index (χ0v) is 15.0. The lowest BCUT2D eigenvalue weighted by Gasteiger charge is -2.10. The number of carbonyl (C=O) groups is 2. The Morgan fingerprint density at radius 3 is 1.70 bits per heavy atom. The average Bonchev–Trinajstić information content (AvgIpc) is 2.51. The second-order valence-electron chi connectivity index (χ2n) is 6.35. The molecule has 5 nitrogen and oxygen atoms in total. The molecule has 0 spiro atoms. The third-order valence-corrected chi connectivity index (χ3v) is 4.03. The Balaban J connectivity index is 3.21. The number of hydrogen-bond donors (Lipinski definition) is 3. The molecule has 0 fully saturated rings. The van der Waals surface area contributed by atoms with Gasteiger partial charge in [-0.2, -0.15) is 0 Å². The van der Waals surface area contributed by atoms with Crippen molar-refractivity contribution in [3.05, 3.63) is 0 Å². The molecule has 0 aliphatic rings. The molecule has 2 amide bonds. The predicted molar refractivity (Wildman–Crippen MR) is 94.7 cm³/mol. The molecular weight excluding hydrogens is 292 g/mol. The van der Waals surface area contributed by atoms with Crippen molar-refractivity contribution in [1.82, 2.24) is 10.6 Å². The second kappa shape index (κ2) is 15.6.